The van der Waals surface area contributed by atoms with E-state index in [1.807, 2.05) is 19.9 Å². The van der Waals surface area contributed by atoms with Gasteiger partial charge in [0.15, 0.2) is 0 Å². The predicted molar refractivity (Wildman–Crippen MR) is 85.6 cm³/mol. The van der Waals surface area contributed by atoms with E-state index in [0.717, 1.165) is 0 Å². The molecule has 0 bridgehead atoms. The molecule has 21 heavy (non-hydrogen) atoms. The Kier molecular flexibility index (Phi) is 7.34. The number of benzene rings is 1. The number of sulfonamides is 1. The number of hydrogen-bond donors (Lipinski definition) is 2. The Morgan fingerprint density at radius 1 is 1.33 bits per heavy atom. The number of nitrogens with one attached hydrogen (secondary N) is 1. The standard InChI is InChI=1S/C14H21N3O2S.ClH/c1-11(2)8-14(3,10-16)17-20(18,19)13-6-4-12(9-15)5-7-13;/h4-7,11,17H,8,10,16H2,1-3H3;1H. The second-order valence-corrected chi connectivity index (χ2v) is 7.29. The SMILES string of the molecule is CC(C)CC(C)(CN)NS(=O)(=O)c1ccc(C#N)cc1.Cl. The van der Waals surface area contributed by atoms with Crippen LogP contribution in [0.5, 0.6) is 0 Å². The summed E-state index contributed by atoms with van der Waals surface area (Å²) in [6.07, 6.45) is 0.652. The molecule has 0 saturated heterocycles. The molecular formula is C14H22ClN3O2S. The Hall–Kier alpha value is -1.13. The first-order chi connectivity index (χ1) is 9.22. The molecule has 5 nitrogen and oxygen atoms in total. The molecule has 0 aliphatic carbocycles. The molecule has 0 aliphatic heterocycles. The van der Waals surface area contributed by atoms with Crippen LogP contribution in [0.15, 0.2) is 29.2 Å². The van der Waals surface area contributed by atoms with Gasteiger partial charge in [-0.2, -0.15) is 5.26 Å². The molecule has 1 atom stereocenters. The molecule has 0 heterocycles. The summed E-state index contributed by atoms with van der Waals surface area (Å²) in [5.41, 5.74) is 5.46. The van der Waals surface area contributed by atoms with Crippen molar-refractivity contribution in [3.63, 3.8) is 0 Å². The van der Waals surface area contributed by atoms with Crippen molar-refractivity contribution >= 4 is 22.4 Å². The molecule has 7 heteroatoms. The van der Waals surface area contributed by atoms with Crippen LogP contribution in [0.2, 0.25) is 0 Å². The molecule has 0 amide bonds. The molecule has 0 aliphatic rings. The summed E-state index contributed by atoms with van der Waals surface area (Å²) < 4.78 is 27.3. The fourth-order valence-electron chi connectivity index (χ4n) is 2.16. The van der Waals surface area contributed by atoms with E-state index in [1.54, 1.807) is 6.92 Å². The van der Waals surface area contributed by atoms with Gasteiger partial charge in [0.05, 0.1) is 16.5 Å². The summed E-state index contributed by atoms with van der Waals surface area (Å²) in [7, 11) is -3.64. The third-order valence-electron chi connectivity index (χ3n) is 2.98. The van der Waals surface area contributed by atoms with Gasteiger partial charge in [0.1, 0.15) is 0 Å². The fraction of sp³-hybridized carbons (Fsp3) is 0.500. The van der Waals surface area contributed by atoms with Crippen LogP contribution in [-0.2, 0) is 10.0 Å². The highest BCUT2D eigenvalue weighted by atomic mass is 35.5. The van der Waals surface area contributed by atoms with E-state index < -0.39 is 15.6 Å². The Bertz CT molecular complexity index is 594. The van der Waals surface area contributed by atoms with Crippen molar-refractivity contribution in [3.8, 4) is 6.07 Å². The summed E-state index contributed by atoms with van der Waals surface area (Å²) >= 11 is 0. The van der Waals surface area contributed by atoms with Crippen LogP contribution in [0, 0.1) is 17.2 Å². The largest absolute Gasteiger partial charge is 0.329 e. The van der Waals surface area contributed by atoms with Crippen molar-refractivity contribution in [1.82, 2.24) is 4.72 Å². The van der Waals surface area contributed by atoms with Crippen molar-refractivity contribution in [2.45, 2.75) is 37.6 Å². The van der Waals surface area contributed by atoms with Crippen LogP contribution in [0.4, 0.5) is 0 Å². The highest BCUT2D eigenvalue weighted by Crippen LogP contribution is 2.19. The van der Waals surface area contributed by atoms with Gasteiger partial charge in [-0.25, -0.2) is 13.1 Å². The minimum atomic E-state index is -3.64. The Labute approximate surface area is 133 Å². The predicted octanol–water partition coefficient (Wildman–Crippen LogP) is 2.02. The van der Waals surface area contributed by atoms with Crippen LogP contribution >= 0.6 is 12.4 Å². The number of rotatable bonds is 6. The normalized spacial score (nSPS) is 14.1. The molecule has 0 saturated carbocycles. The van der Waals surface area contributed by atoms with Crippen LogP contribution in [0.1, 0.15) is 32.8 Å². The maximum atomic E-state index is 12.3. The lowest BCUT2D eigenvalue weighted by Gasteiger charge is -2.30. The molecule has 1 rings (SSSR count). The summed E-state index contributed by atoms with van der Waals surface area (Å²) in [4.78, 5) is 0.139. The smallest absolute Gasteiger partial charge is 0.241 e. The molecule has 3 N–H and O–H groups in total. The topological polar surface area (TPSA) is 96.0 Å². The maximum Gasteiger partial charge on any atom is 0.241 e. The molecule has 1 aromatic rings. The van der Waals surface area contributed by atoms with Gasteiger partial charge in [0.25, 0.3) is 0 Å². The van der Waals surface area contributed by atoms with Crippen LogP contribution < -0.4 is 10.5 Å². The molecular weight excluding hydrogens is 310 g/mol. The van der Waals surface area contributed by atoms with Crippen molar-refractivity contribution < 1.29 is 8.42 Å². The lowest BCUT2D eigenvalue weighted by atomic mass is 9.92. The second kappa shape index (κ2) is 7.76. The molecule has 1 unspecified atom stereocenters. The zero-order chi connectivity index (χ0) is 15.4. The van der Waals surface area contributed by atoms with E-state index in [2.05, 4.69) is 4.72 Å². The Balaban J connectivity index is 0.00000400. The van der Waals surface area contributed by atoms with E-state index >= 15 is 0 Å². The van der Waals surface area contributed by atoms with Crippen molar-refractivity contribution in [1.29, 1.82) is 5.26 Å². The quantitative estimate of drug-likeness (QED) is 0.833. The number of halogens is 1. The summed E-state index contributed by atoms with van der Waals surface area (Å²) in [5, 5.41) is 8.72. The number of nitrogens with zero attached hydrogens (tertiary/aromatic N) is 1. The highest BCUT2D eigenvalue weighted by Gasteiger charge is 2.30. The first-order valence-corrected chi connectivity index (χ1v) is 7.95. The summed E-state index contributed by atoms with van der Waals surface area (Å²) in [6, 6.07) is 7.77. The van der Waals surface area contributed by atoms with E-state index in [-0.39, 0.29) is 23.8 Å². The van der Waals surface area contributed by atoms with Crippen LogP contribution in [0.3, 0.4) is 0 Å². The van der Waals surface area contributed by atoms with Gasteiger partial charge < -0.3 is 5.73 Å². The van der Waals surface area contributed by atoms with E-state index in [1.165, 1.54) is 24.3 Å². The van der Waals surface area contributed by atoms with Gasteiger partial charge in [0.2, 0.25) is 10.0 Å². The van der Waals surface area contributed by atoms with Gasteiger partial charge in [-0.15, -0.1) is 12.4 Å². The molecule has 0 aromatic heterocycles. The average Bonchev–Trinajstić information content (AvgIpc) is 2.37. The number of hydrogen-bond acceptors (Lipinski definition) is 4. The van der Waals surface area contributed by atoms with Gasteiger partial charge in [0, 0.05) is 12.1 Å². The van der Waals surface area contributed by atoms with Crippen LogP contribution in [-0.4, -0.2) is 20.5 Å². The third kappa shape index (κ3) is 5.64. The first-order valence-electron chi connectivity index (χ1n) is 6.46. The summed E-state index contributed by atoms with van der Waals surface area (Å²) in [5.74, 6) is 0.326. The van der Waals surface area contributed by atoms with Gasteiger partial charge in [-0.3, -0.25) is 0 Å². The van der Waals surface area contributed by atoms with Crippen molar-refractivity contribution in [2.24, 2.45) is 11.7 Å². The number of nitriles is 1. The minimum Gasteiger partial charge on any atom is -0.329 e. The first kappa shape index (κ1) is 19.9. The lowest BCUT2D eigenvalue weighted by molar-refractivity contribution is 0.344. The van der Waals surface area contributed by atoms with Gasteiger partial charge >= 0.3 is 0 Å². The maximum absolute atomic E-state index is 12.3. The number of nitrogens with two attached hydrogens (primary N) is 1. The lowest BCUT2D eigenvalue weighted by Crippen LogP contribution is -2.51. The summed E-state index contributed by atoms with van der Waals surface area (Å²) in [6.45, 7) is 6.06. The van der Waals surface area contributed by atoms with Crippen molar-refractivity contribution in [3.05, 3.63) is 29.8 Å². The second-order valence-electron chi connectivity index (χ2n) is 5.60. The van der Waals surface area contributed by atoms with Crippen molar-refractivity contribution in [2.75, 3.05) is 6.54 Å². The molecule has 1 aromatic carbocycles. The zero-order valence-corrected chi connectivity index (χ0v) is 14.1. The molecule has 118 valence electrons. The molecule has 0 radical (unpaired) electrons. The van der Waals surface area contributed by atoms with E-state index in [0.29, 0.717) is 17.9 Å². The Morgan fingerprint density at radius 3 is 2.24 bits per heavy atom. The zero-order valence-electron chi connectivity index (χ0n) is 12.5. The third-order valence-corrected chi connectivity index (χ3v) is 4.64. The van der Waals surface area contributed by atoms with E-state index in [4.69, 9.17) is 11.0 Å². The fourth-order valence-corrected chi connectivity index (χ4v) is 3.59. The highest BCUT2D eigenvalue weighted by molar-refractivity contribution is 7.89. The minimum absolute atomic E-state index is 0. The molecule has 0 spiro atoms. The molecule has 0 fully saturated rings. The average molecular weight is 332 g/mol. The van der Waals surface area contributed by atoms with Gasteiger partial charge in [-0.1, -0.05) is 13.8 Å². The monoisotopic (exact) mass is 331 g/mol. The Morgan fingerprint density at radius 2 is 1.86 bits per heavy atom. The van der Waals surface area contributed by atoms with Crippen LogP contribution in [0.25, 0.3) is 0 Å². The van der Waals surface area contributed by atoms with Gasteiger partial charge in [-0.05, 0) is 43.5 Å². The van der Waals surface area contributed by atoms with E-state index in [9.17, 15) is 8.42 Å².